The summed E-state index contributed by atoms with van der Waals surface area (Å²) >= 11 is 0. The standard InChI is InChI=1S/C16H30N6O.HI/c1-7-13-21-19-11-22(13)9-8-18-14(17-5)20-12-10-16(4,23-6)15(12,2)3;/h11-12H,7-10H2,1-6H3,(H2,17,18,20);1H. The number of rotatable bonds is 6. The Hall–Kier alpha value is -0.900. The minimum atomic E-state index is -0.0813. The molecule has 0 aliphatic heterocycles. The van der Waals surface area contributed by atoms with E-state index >= 15 is 0 Å². The fourth-order valence-corrected chi connectivity index (χ4v) is 3.12. The van der Waals surface area contributed by atoms with E-state index in [9.17, 15) is 0 Å². The minimum absolute atomic E-state index is 0. The van der Waals surface area contributed by atoms with Gasteiger partial charge in [0, 0.05) is 45.1 Å². The monoisotopic (exact) mass is 450 g/mol. The molecule has 1 fully saturated rings. The molecule has 2 atom stereocenters. The summed E-state index contributed by atoms with van der Waals surface area (Å²) in [5.74, 6) is 1.83. The third-order valence-electron chi connectivity index (χ3n) is 5.47. The van der Waals surface area contributed by atoms with Crippen LogP contribution >= 0.6 is 24.0 Å². The molecule has 2 unspecified atom stereocenters. The highest BCUT2D eigenvalue weighted by Crippen LogP contribution is 2.51. The summed E-state index contributed by atoms with van der Waals surface area (Å²) in [6, 6.07) is 0.347. The maximum absolute atomic E-state index is 5.67. The lowest BCUT2D eigenvalue weighted by atomic mass is 9.56. The van der Waals surface area contributed by atoms with Gasteiger partial charge in [-0.15, -0.1) is 34.2 Å². The largest absolute Gasteiger partial charge is 0.378 e. The second kappa shape index (κ2) is 8.46. The van der Waals surface area contributed by atoms with E-state index < -0.39 is 0 Å². The second-order valence-electron chi connectivity index (χ2n) is 6.85. The Morgan fingerprint density at radius 2 is 2.17 bits per heavy atom. The molecule has 1 heterocycles. The molecule has 8 heteroatoms. The molecule has 0 aromatic carbocycles. The topological polar surface area (TPSA) is 76.4 Å². The number of nitrogens with one attached hydrogen (secondary N) is 2. The predicted octanol–water partition coefficient (Wildman–Crippen LogP) is 1.83. The van der Waals surface area contributed by atoms with Gasteiger partial charge in [-0.3, -0.25) is 4.99 Å². The van der Waals surface area contributed by atoms with Crippen molar-refractivity contribution in [2.24, 2.45) is 10.4 Å². The second-order valence-corrected chi connectivity index (χ2v) is 6.85. The summed E-state index contributed by atoms with van der Waals surface area (Å²) in [6.07, 6.45) is 3.64. The zero-order chi connectivity index (χ0) is 17.1. The summed E-state index contributed by atoms with van der Waals surface area (Å²) < 4.78 is 7.74. The number of methoxy groups -OCH3 is 1. The fourth-order valence-electron chi connectivity index (χ4n) is 3.12. The van der Waals surface area contributed by atoms with Crippen molar-refractivity contribution >= 4 is 29.9 Å². The summed E-state index contributed by atoms with van der Waals surface area (Å²) in [5.41, 5.74) is -0.0228. The molecule has 0 saturated heterocycles. The van der Waals surface area contributed by atoms with Gasteiger partial charge in [0.1, 0.15) is 12.2 Å². The van der Waals surface area contributed by atoms with Crippen molar-refractivity contribution < 1.29 is 4.74 Å². The van der Waals surface area contributed by atoms with Crippen molar-refractivity contribution in [3.8, 4) is 0 Å². The zero-order valence-corrected chi connectivity index (χ0v) is 17.9. The molecular weight excluding hydrogens is 419 g/mol. The summed E-state index contributed by atoms with van der Waals surface area (Å²) in [5, 5.41) is 14.9. The van der Waals surface area contributed by atoms with E-state index in [-0.39, 0.29) is 35.0 Å². The molecule has 138 valence electrons. The molecule has 0 radical (unpaired) electrons. The molecule has 1 aromatic rings. The Labute approximate surface area is 162 Å². The molecule has 1 aliphatic carbocycles. The van der Waals surface area contributed by atoms with Gasteiger partial charge < -0.3 is 19.9 Å². The molecule has 0 amide bonds. The van der Waals surface area contributed by atoms with Crippen molar-refractivity contribution in [2.45, 2.75) is 58.7 Å². The van der Waals surface area contributed by atoms with Crippen molar-refractivity contribution in [1.82, 2.24) is 25.4 Å². The third kappa shape index (κ3) is 4.01. The van der Waals surface area contributed by atoms with E-state index in [1.807, 2.05) is 0 Å². The number of aryl methyl sites for hydroxylation is 1. The predicted molar refractivity (Wildman–Crippen MR) is 107 cm³/mol. The van der Waals surface area contributed by atoms with Gasteiger partial charge in [0.05, 0.1) is 5.60 Å². The summed E-state index contributed by atoms with van der Waals surface area (Å²) in [4.78, 5) is 4.32. The Kier molecular flexibility index (Phi) is 7.45. The molecule has 2 N–H and O–H groups in total. The highest BCUT2D eigenvalue weighted by molar-refractivity contribution is 14.0. The number of hydrogen-bond acceptors (Lipinski definition) is 4. The molecule has 7 nitrogen and oxygen atoms in total. The first-order valence-corrected chi connectivity index (χ1v) is 8.27. The van der Waals surface area contributed by atoms with Crippen LogP contribution in [0.3, 0.4) is 0 Å². The van der Waals surface area contributed by atoms with E-state index in [2.05, 4.69) is 58.1 Å². The van der Waals surface area contributed by atoms with E-state index in [0.717, 1.165) is 37.7 Å². The van der Waals surface area contributed by atoms with Crippen LogP contribution in [0.1, 0.15) is 39.9 Å². The van der Waals surface area contributed by atoms with Crippen LogP contribution in [-0.2, 0) is 17.7 Å². The van der Waals surface area contributed by atoms with E-state index in [1.54, 1.807) is 20.5 Å². The maximum atomic E-state index is 5.67. The smallest absolute Gasteiger partial charge is 0.191 e. The van der Waals surface area contributed by atoms with Crippen LogP contribution in [0.4, 0.5) is 0 Å². The summed E-state index contributed by atoms with van der Waals surface area (Å²) in [6.45, 7) is 10.3. The zero-order valence-electron chi connectivity index (χ0n) is 15.6. The first-order valence-electron chi connectivity index (χ1n) is 8.27. The van der Waals surface area contributed by atoms with Gasteiger partial charge in [-0.05, 0) is 13.3 Å². The van der Waals surface area contributed by atoms with Crippen molar-refractivity contribution in [1.29, 1.82) is 0 Å². The highest BCUT2D eigenvalue weighted by atomic mass is 127. The lowest BCUT2D eigenvalue weighted by Crippen LogP contribution is -2.69. The van der Waals surface area contributed by atoms with E-state index in [4.69, 9.17) is 4.74 Å². The Balaban J connectivity index is 0.00000288. The van der Waals surface area contributed by atoms with Gasteiger partial charge in [0.25, 0.3) is 0 Å². The summed E-state index contributed by atoms with van der Waals surface area (Å²) in [7, 11) is 3.59. The molecule has 0 bridgehead atoms. The van der Waals surface area contributed by atoms with Crippen LogP contribution in [0.5, 0.6) is 0 Å². The number of aliphatic imine (C=N–C) groups is 1. The molecule has 1 aliphatic rings. The molecular formula is C16H31IN6O. The lowest BCUT2D eigenvalue weighted by Gasteiger charge is -2.59. The number of hydrogen-bond donors (Lipinski definition) is 2. The number of ether oxygens (including phenoxy) is 1. The average Bonchev–Trinajstić information content (AvgIpc) is 3.00. The minimum Gasteiger partial charge on any atom is -0.378 e. The molecule has 1 aromatic heterocycles. The van der Waals surface area contributed by atoms with E-state index in [0.29, 0.717) is 6.04 Å². The molecule has 2 rings (SSSR count). The SMILES string of the molecule is CCc1nncn1CCNC(=NC)NC1CC(C)(OC)C1(C)C.I. The van der Waals surface area contributed by atoms with E-state index in [1.165, 1.54) is 0 Å². The Morgan fingerprint density at radius 3 is 2.71 bits per heavy atom. The number of aromatic nitrogens is 3. The molecule has 24 heavy (non-hydrogen) atoms. The highest BCUT2D eigenvalue weighted by Gasteiger charge is 2.58. The quantitative estimate of drug-likeness (QED) is 0.393. The van der Waals surface area contributed by atoms with Gasteiger partial charge in [0.15, 0.2) is 5.96 Å². The van der Waals surface area contributed by atoms with Gasteiger partial charge in [-0.25, -0.2) is 0 Å². The van der Waals surface area contributed by atoms with Gasteiger partial charge >= 0.3 is 0 Å². The fraction of sp³-hybridized carbons (Fsp3) is 0.812. The van der Waals surface area contributed by atoms with Crippen LogP contribution in [0.25, 0.3) is 0 Å². The first kappa shape index (κ1) is 21.1. The third-order valence-corrected chi connectivity index (χ3v) is 5.47. The Morgan fingerprint density at radius 1 is 1.46 bits per heavy atom. The van der Waals surface area contributed by atoms with Gasteiger partial charge in [-0.2, -0.15) is 0 Å². The number of nitrogens with zero attached hydrogens (tertiary/aromatic N) is 4. The van der Waals surface area contributed by atoms with Crippen LogP contribution in [0.15, 0.2) is 11.3 Å². The van der Waals surface area contributed by atoms with Gasteiger partial charge in [-0.1, -0.05) is 20.8 Å². The normalized spacial score (nSPS) is 25.6. The lowest BCUT2D eigenvalue weighted by molar-refractivity contribution is -0.176. The maximum Gasteiger partial charge on any atom is 0.191 e. The van der Waals surface area contributed by atoms with Crippen LogP contribution < -0.4 is 10.6 Å². The van der Waals surface area contributed by atoms with Crippen LogP contribution in [0.2, 0.25) is 0 Å². The molecule has 1 saturated carbocycles. The number of halogens is 1. The first-order chi connectivity index (χ1) is 10.9. The Bertz CT molecular complexity index is 559. The average molecular weight is 450 g/mol. The number of guanidine groups is 1. The van der Waals surface area contributed by atoms with Crippen molar-refractivity contribution in [3.63, 3.8) is 0 Å². The van der Waals surface area contributed by atoms with Crippen molar-refractivity contribution in [3.05, 3.63) is 12.2 Å². The van der Waals surface area contributed by atoms with Crippen LogP contribution in [-0.4, -0.2) is 53.1 Å². The van der Waals surface area contributed by atoms with Gasteiger partial charge in [0.2, 0.25) is 0 Å². The molecule has 0 spiro atoms. The van der Waals surface area contributed by atoms with Crippen LogP contribution in [0, 0.1) is 5.41 Å². The van der Waals surface area contributed by atoms with Crippen molar-refractivity contribution in [2.75, 3.05) is 20.7 Å².